The topological polar surface area (TPSA) is 86.9 Å². The van der Waals surface area contributed by atoms with E-state index in [4.69, 9.17) is 4.74 Å². The molecule has 0 bridgehead atoms. The molecule has 0 aliphatic heterocycles. The van der Waals surface area contributed by atoms with E-state index in [0.717, 1.165) is 33.7 Å². The van der Waals surface area contributed by atoms with Crippen LogP contribution in [0.15, 0.2) is 42.7 Å². The first-order valence-electron chi connectivity index (χ1n) is 9.23. The van der Waals surface area contributed by atoms with Crippen LogP contribution >= 0.6 is 0 Å². The molecule has 0 unspecified atom stereocenters. The van der Waals surface area contributed by atoms with Crippen molar-refractivity contribution in [2.24, 2.45) is 7.05 Å². The van der Waals surface area contributed by atoms with Crippen LogP contribution in [0.1, 0.15) is 11.4 Å². The summed E-state index contributed by atoms with van der Waals surface area (Å²) in [5.41, 5.74) is 5.01. The summed E-state index contributed by atoms with van der Waals surface area (Å²) in [5, 5.41) is 12.6. The Morgan fingerprint density at radius 3 is 2.52 bits per heavy atom. The molecule has 29 heavy (non-hydrogen) atoms. The first-order chi connectivity index (χ1) is 14.0. The van der Waals surface area contributed by atoms with Crippen LogP contribution in [0, 0.1) is 13.8 Å². The average molecular weight is 390 g/mol. The molecule has 148 valence electrons. The lowest BCUT2D eigenvalue weighted by Crippen LogP contribution is -2.20. The summed E-state index contributed by atoms with van der Waals surface area (Å²) < 4.78 is 8.55. The molecule has 0 fully saturated rings. The Bertz CT molecular complexity index is 1190. The van der Waals surface area contributed by atoms with Gasteiger partial charge in [-0.3, -0.25) is 9.48 Å². The zero-order valence-electron chi connectivity index (χ0n) is 16.8. The molecule has 1 amide bonds. The first kappa shape index (κ1) is 18.7. The fourth-order valence-electron chi connectivity index (χ4n) is 3.45. The van der Waals surface area contributed by atoms with Crippen molar-refractivity contribution >= 4 is 22.6 Å². The van der Waals surface area contributed by atoms with Crippen molar-refractivity contribution in [3.05, 3.63) is 54.1 Å². The van der Waals surface area contributed by atoms with Gasteiger partial charge in [0.2, 0.25) is 5.91 Å². The van der Waals surface area contributed by atoms with Crippen molar-refractivity contribution < 1.29 is 9.53 Å². The summed E-state index contributed by atoms with van der Waals surface area (Å²) in [4.78, 5) is 17.1. The number of aromatic nitrogens is 5. The van der Waals surface area contributed by atoms with Gasteiger partial charge in [0.25, 0.3) is 0 Å². The summed E-state index contributed by atoms with van der Waals surface area (Å²) in [7, 11) is 3.46. The van der Waals surface area contributed by atoms with E-state index < -0.39 is 0 Å². The minimum atomic E-state index is -0.179. The maximum Gasteiger partial charge on any atom is 0.246 e. The lowest BCUT2D eigenvalue weighted by atomic mass is 10.0. The monoisotopic (exact) mass is 390 g/mol. The molecule has 0 aliphatic rings. The van der Waals surface area contributed by atoms with Crippen LogP contribution in [-0.4, -0.2) is 37.6 Å². The Balaban J connectivity index is 1.66. The van der Waals surface area contributed by atoms with Gasteiger partial charge in [0.05, 0.1) is 24.2 Å². The third-order valence-electron chi connectivity index (χ3n) is 4.79. The largest absolute Gasteiger partial charge is 0.497 e. The predicted octanol–water partition coefficient (Wildman–Crippen LogP) is 3.10. The van der Waals surface area contributed by atoms with Gasteiger partial charge >= 0.3 is 0 Å². The number of ether oxygens (including phenoxy) is 1. The number of hydrogen-bond acceptors (Lipinski definition) is 5. The number of benzene rings is 1. The molecule has 0 radical (unpaired) electrons. The lowest BCUT2D eigenvalue weighted by molar-refractivity contribution is -0.116. The van der Waals surface area contributed by atoms with E-state index in [0.29, 0.717) is 11.3 Å². The van der Waals surface area contributed by atoms with Gasteiger partial charge in [-0.05, 0) is 43.2 Å². The molecule has 4 aromatic rings. The van der Waals surface area contributed by atoms with Crippen LogP contribution in [-0.2, 0) is 18.4 Å². The molecule has 0 saturated carbocycles. The third kappa shape index (κ3) is 3.56. The van der Waals surface area contributed by atoms with Crippen LogP contribution < -0.4 is 10.1 Å². The van der Waals surface area contributed by atoms with E-state index in [-0.39, 0.29) is 12.5 Å². The molecule has 8 nitrogen and oxygen atoms in total. The Morgan fingerprint density at radius 1 is 1.10 bits per heavy atom. The number of hydrogen-bond donors (Lipinski definition) is 1. The highest BCUT2D eigenvalue weighted by Crippen LogP contribution is 2.30. The van der Waals surface area contributed by atoms with E-state index in [2.05, 4.69) is 20.5 Å². The molecule has 0 aliphatic carbocycles. The minimum absolute atomic E-state index is 0.0672. The number of aryl methyl sites for hydroxylation is 3. The number of anilines is 1. The van der Waals surface area contributed by atoms with E-state index in [1.807, 2.05) is 51.2 Å². The highest BCUT2D eigenvalue weighted by molar-refractivity contribution is 5.96. The molecule has 3 heterocycles. The van der Waals surface area contributed by atoms with Crippen LogP contribution in [0.3, 0.4) is 0 Å². The molecule has 0 spiro atoms. The van der Waals surface area contributed by atoms with Crippen molar-refractivity contribution in [2.75, 3.05) is 12.4 Å². The third-order valence-corrected chi connectivity index (χ3v) is 4.79. The van der Waals surface area contributed by atoms with Crippen molar-refractivity contribution in [3.63, 3.8) is 0 Å². The fraction of sp³-hybridized carbons (Fsp3) is 0.238. The van der Waals surface area contributed by atoms with Crippen molar-refractivity contribution in [1.82, 2.24) is 24.5 Å². The Hall–Kier alpha value is -3.68. The summed E-state index contributed by atoms with van der Waals surface area (Å²) in [6.07, 6.45) is 3.52. The molecule has 8 heteroatoms. The van der Waals surface area contributed by atoms with Gasteiger partial charge in [0.15, 0.2) is 5.65 Å². The standard InChI is InChI=1S/C21H22N6O2/c1-13-18(11-26(3)24-13)23-19(28)12-27-21-20(14(2)25-27)17(9-10-22-21)15-5-7-16(29-4)8-6-15/h5-11H,12H2,1-4H3,(H,23,28). The summed E-state index contributed by atoms with van der Waals surface area (Å²) in [6, 6.07) is 9.81. The lowest BCUT2D eigenvalue weighted by Gasteiger charge is -2.07. The molecule has 0 atom stereocenters. The number of pyridine rings is 1. The highest BCUT2D eigenvalue weighted by Gasteiger charge is 2.17. The van der Waals surface area contributed by atoms with E-state index in [1.165, 1.54) is 0 Å². The highest BCUT2D eigenvalue weighted by atomic mass is 16.5. The molecule has 4 rings (SSSR count). The molecule has 1 aromatic carbocycles. The van der Waals surface area contributed by atoms with Gasteiger partial charge in [-0.15, -0.1) is 0 Å². The number of nitrogens with one attached hydrogen (secondary N) is 1. The maximum absolute atomic E-state index is 12.6. The van der Waals surface area contributed by atoms with Gasteiger partial charge in [0, 0.05) is 24.8 Å². The minimum Gasteiger partial charge on any atom is -0.497 e. The Kier molecular flexibility index (Phi) is 4.75. The van der Waals surface area contributed by atoms with Crippen molar-refractivity contribution in [2.45, 2.75) is 20.4 Å². The van der Waals surface area contributed by atoms with Crippen molar-refractivity contribution in [3.8, 4) is 16.9 Å². The number of fused-ring (bicyclic) bond motifs is 1. The Labute approximate surface area is 168 Å². The van der Waals surface area contributed by atoms with Gasteiger partial charge < -0.3 is 10.1 Å². The quantitative estimate of drug-likeness (QED) is 0.566. The van der Waals surface area contributed by atoms with E-state index in [1.54, 1.807) is 28.9 Å². The summed E-state index contributed by atoms with van der Waals surface area (Å²) in [5.74, 6) is 0.621. The number of methoxy groups -OCH3 is 1. The SMILES string of the molecule is COc1ccc(-c2ccnc3c2c(C)nn3CC(=O)Nc2cn(C)nc2C)cc1. The fourth-order valence-corrected chi connectivity index (χ4v) is 3.45. The second-order valence-electron chi connectivity index (χ2n) is 6.88. The second kappa shape index (κ2) is 7.38. The van der Waals surface area contributed by atoms with Crippen molar-refractivity contribution in [1.29, 1.82) is 0 Å². The van der Waals surface area contributed by atoms with Crippen LogP contribution in [0.5, 0.6) is 5.75 Å². The zero-order valence-corrected chi connectivity index (χ0v) is 16.8. The van der Waals surface area contributed by atoms with Gasteiger partial charge in [-0.1, -0.05) is 12.1 Å². The van der Waals surface area contributed by atoms with Gasteiger partial charge in [-0.25, -0.2) is 9.67 Å². The zero-order chi connectivity index (χ0) is 20.5. The van der Waals surface area contributed by atoms with E-state index >= 15 is 0 Å². The summed E-state index contributed by atoms with van der Waals surface area (Å²) in [6.45, 7) is 3.85. The molecular formula is C21H22N6O2. The smallest absolute Gasteiger partial charge is 0.246 e. The average Bonchev–Trinajstić information content (AvgIpc) is 3.20. The molecule has 0 saturated heterocycles. The maximum atomic E-state index is 12.6. The van der Waals surface area contributed by atoms with Crippen LogP contribution in [0.2, 0.25) is 0 Å². The number of carbonyl (C=O) groups excluding carboxylic acids is 1. The number of carbonyl (C=O) groups is 1. The molecule has 1 N–H and O–H groups in total. The van der Waals surface area contributed by atoms with Gasteiger partial charge in [0.1, 0.15) is 12.3 Å². The summed E-state index contributed by atoms with van der Waals surface area (Å²) >= 11 is 0. The van der Waals surface area contributed by atoms with Crippen LogP contribution in [0.25, 0.3) is 22.2 Å². The van der Waals surface area contributed by atoms with Crippen LogP contribution in [0.4, 0.5) is 5.69 Å². The number of nitrogens with zero attached hydrogens (tertiary/aromatic N) is 5. The number of amides is 1. The second-order valence-corrected chi connectivity index (χ2v) is 6.88. The first-order valence-corrected chi connectivity index (χ1v) is 9.23. The molecular weight excluding hydrogens is 368 g/mol. The number of rotatable bonds is 5. The van der Waals surface area contributed by atoms with Gasteiger partial charge in [-0.2, -0.15) is 10.2 Å². The molecule has 3 aromatic heterocycles. The normalized spacial score (nSPS) is 11.0. The Morgan fingerprint density at radius 2 is 1.86 bits per heavy atom. The van der Waals surface area contributed by atoms with E-state index in [9.17, 15) is 4.79 Å². The predicted molar refractivity (Wildman–Crippen MR) is 111 cm³/mol.